The zero-order chi connectivity index (χ0) is 22.5. The Morgan fingerprint density at radius 2 is 1.94 bits per heavy atom. The van der Waals surface area contributed by atoms with Crippen molar-refractivity contribution in [1.82, 2.24) is 25.2 Å². The van der Waals surface area contributed by atoms with Crippen molar-refractivity contribution in [2.24, 2.45) is 0 Å². The third-order valence-corrected chi connectivity index (χ3v) is 6.89. The minimum atomic E-state index is -0.293. The maximum Gasteiger partial charge on any atom is 0.275 e. The van der Waals surface area contributed by atoms with Crippen LogP contribution in [0.2, 0.25) is 5.02 Å². The summed E-state index contributed by atoms with van der Waals surface area (Å²) in [4.78, 5) is 31.8. The van der Waals surface area contributed by atoms with Crippen LogP contribution in [0.15, 0.2) is 30.5 Å². The lowest BCUT2D eigenvalue weighted by atomic mass is 10.1. The van der Waals surface area contributed by atoms with Gasteiger partial charge in [-0.15, -0.1) is 48.6 Å². The maximum atomic E-state index is 12.3. The number of benzene rings is 1. The van der Waals surface area contributed by atoms with Gasteiger partial charge >= 0.3 is 0 Å². The average Bonchev–Trinajstić information content (AvgIpc) is 3.23. The van der Waals surface area contributed by atoms with Crippen LogP contribution >= 0.6 is 60.2 Å². The fourth-order valence-electron chi connectivity index (χ4n) is 3.72. The molecular formula is C22H30Cl4N6O2S. The summed E-state index contributed by atoms with van der Waals surface area (Å²) < 4.78 is 0.972. The predicted molar refractivity (Wildman–Crippen MR) is 151 cm³/mol. The molecule has 13 heteroatoms. The topological polar surface area (TPSA) is 82.6 Å². The summed E-state index contributed by atoms with van der Waals surface area (Å²) >= 11 is 7.97. The molecule has 0 aliphatic carbocycles. The van der Waals surface area contributed by atoms with Gasteiger partial charge < -0.3 is 15.1 Å². The van der Waals surface area contributed by atoms with Crippen molar-refractivity contribution < 1.29 is 9.63 Å². The van der Waals surface area contributed by atoms with E-state index in [1.165, 1.54) is 18.4 Å². The first-order valence-corrected chi connectivity index (χ1v) is 11.8. The first-order chi connectivity index (χ1) is 15.5. The van der Waals surface area contributed by atoms with E-state index in [9.17, 15) is 4.79 Å². The van der Waals surface area contributed by atoms with Gasteiger partial charge in [0.05, 0.1) is 28.8 Å². The second-order valence-corrected chi connectivity index (χ2v) is 9.27. The summed E-state index contributed by atoms with van der Waals surface area (Å²) in [6, 6.07) is 7.53. The van der Waals surface area contributed by atoms with E-state index in [1.54, 1.807) is 12.3 Å². The van der Waals surface area contributed by atoms with Gasteiger partial charge in [-0.3, -0.25) is 9.63 Å². The Hall–Kier alpha value is -1.43. The molecule has 4 rings (SSSR count). The van der Waals surface area contributed by atoms with Crippen LogP contribution in [-0.2, 0) is 4.84 Å². The van der Waals surface area contributed by atoms with Gasteiger partial charge in [-0.2, -0.15) is 0 Å². The van der Waals surface area contributed by atoms with E-state index >= 15 is 0 Å². The van der Waals surface area contributed by atoms with Gasteiger partial charge in [-0.05, 0) is 38.2 Å². The number of hydrogen-bond donors (Lipinski definition) is 2. The van der Waals surface area contributed by atoms with Crippen LogP contribution in [0.5, 0.6) is 0 Å². The lowest BCUT2D eigenvalue weighted by Crippen LogP contribution is -2.44. The van der Waals surface area contributed by atoms with Crippen molar-refractivity contribution in [3.05, 3.63) is 41.0 Å². The first kappa shape index (κ1) is 31.6. The zero-order valence-corrected chi connectivity index (χ0v) is 23.5. The SMILES string of the molecule is CONC(=O)c1cccc2sc(-c3nc(NCCCN4CCN(C)CC4)ncc3Cl)cc12.Cl.Cl.Cl. The van der Waals surface area contributed by atoms with Crippen LogP contribution in [0.25, 0.3) is 20.7 Å². The van der Waals surface area contributed by atoms with Gasteiger partial charge in [-0.1, -0.05) is 17.7 Å². The number of carbonyl (C=O) groups is 1. The van der Waals surface area contributed by atoms with E-state index in [0.29, 0.717) is 22.2 Å². The molecule has 0 bridgehead atoms. The van der Waals surface area contributed by atoms with E-state index in [-0.39, 0.29) is 43.1 Å². The lowest BCUT2D eigenvalue weighted by molar-refractivity contribution is 0.0539. The summed E-state index contributed by atoms with van der Waals surface area (Å²) in [6.45, 7) is 6.34. The lowest BCUT2D eigenvalue weighted by Gasteiger charge is -2.32. The molecule has 0 saturated carbocycles. The Balaban J connectivity index is 0.00000204. The van der Waals surface area contributed by atoms with Gasteiger partial charge in [0.15, 0.2) is 0 Å². The van der Waals surface area contributed by atoms with Crippen LogP contribution < -0.4 is 10.8 Å². The number of aromatic nitrogens is 2. The van der Waals surface area contributed by atoms with E-state index in [2.05, 4.69) is 37.6 Å². The Kier molecular flexibility index (Phi) is 13.5. The van der Waals surface area contributed by atoms with Gasteiger partial charge in [0.2, 0.25) is 5.95 Å². The molecule has 3 aromatic rings. The number of piperazine rings is 1. The van der Waals surface area contributed by atoms with E-state index in [1.807, 2.05) is 18.2 Å². The molecule has 8 nitrogen and oxygen atoms in total. The number of nitrogens with one attached hydrogen (secondary N) is 2. The van der Waals surface area contributed by atoms with Crippen molar-refractivity contribution in [1.29, 1.82) is 0 Å². The van der Waals surface area contributed by atoms with Gasteiger partial charge in [0.25, 0.3) is 5.91 Å². The van der Waals surface area contributed by atoms with Crippen LogP contribution in [0.1, 0.15) is 16.8 Å². The second kappa shape index (κ2) is 15.0. The summed E-state index contributed by atoms with van der Waals surface area (Å²) in [5.74, 6) is 0.261. The highest BCUT2D eigenvalue weighted by molar-refractivity contribution is 7.22. The number of amides is 1. The number of rotatable bonds is 8. The number of anilines is 1. The quantitative estimate of drug-likeness (QED) is 0.296. The minimum Gasteiger partial charge on any atom is -0.354 e. The van der Waals surface area contributed by atoms with Gasteiger partial charge in [0, 0.05) is 42.8 Å². The highest BCUT2D eigenvalue weighted by Gasteiger charge is 2.17. The Bertz CT molecular complexity index is 1090. The highest BCUT2D eigenvalue weighted by atomic mass is 35.5. The molecule has 0 unspecified atom stereocenters. The van der Waals surface area contributed by atoms with Gasteiger partial charge in [0.1, 0.15) is 5.69 Å². The molecular weight excluding hydrogens is 554 g/mol. The monoisotopic (exact) mass is 582 g/mol. The maximum absolute atomic E-state index is 12.3. The molecule has 194 valence electrons. The number of likely N-dealkylation sites (N-methyl/N-ethyl adjacent to an activating group) is 1. The number of hydrogen-bond acceptors (Lipinski definition) is 8. The van der Waals surface area contributed by atoms with Crippen LogP contribution in [-0.4, -0.2) is 79.1 Å². The normalized spacial score (nSPS) is 13.9. The minimum absolute atomic E-state index is 0. The second-order valence-electron chi connectivity index (χ2n) is 7.78. The van der Waals surface area contributed by atoms with Crippen LogP contribution in [0.3, 0.4) is 0 Å². The smallest absolute Gasteiger partial charge is 0.275 e. The average molecular weight is 584 g/mol. The fraction of sp³-hybridized carbons (Fsp3) is 0.409. The molecule has 1 aromatic carbocycles. The Morgan fingerprint density at radius 1 is 1.20 bits per heavy atom. The summed E-state index contributed by atoms with van der Waals surface area (Å²) in [5.41, 5.74) is 3.57. The van der Waals surface area contributed by atoms with E-state index in [0.717, 1.165) is 60.7 Å². The third-order valence-electron chi connectivity index (χ3n) is 5.51. The third kappa shape index (κ3) is 8.03. The molecule has 2 N–H and O–H groups in total. The number of halogens is 4. The molecule has 1 aliphatic heterocycles. The summed E-state index contributed by atoms with van der Waals surface area (Å²) in [6.07, 6.45) is 2.64. The Morgan fingerprint density at radius 3 is 2.66 bits per heavy atom. The number of thiophene rings is 1. The highest BCUT2D eigenvalue weighted by Crippen LogP contribution is 2.37. The standard InChI is InChI=1S/C22H27ClN6O2S.3ClH/c1-28-9-11-29(12-10-28)8-4-7-24-22-25-14-17(23)20(26-22)19-13-16-15(21(30)27-31-2)5-3-6-18(16)32-19;;;/h3,5-6,13-14H,4,7-12H2,1-2H3,(H,27,30)(H,24,25,26);3*1H. The van der Waals surface area contributed by atoms with Crippen LogP contribution in [0.4, 0.5) is 5.95 Å². The van der Waals surface area contributed by atoms with Crippen molar-refractivity contribution in [3.8, 4) is 10.6 Å². The molecule has 1 saturated heterocycles. The van der Waals surface area contributed by atoms with Crippen molar-refractivity contribution in [2.45, 2.75) is 6.42 Å². The largest absolute Gasteiger partial charge is 0.354 e. The van der Waals surface area contributed by atoms with Crippen LogP contribution in [0, 0.1) is 0 Å². The fourth-order valence-corrected chi connectivity index (χ4v) is 5.06. The molecule has 3 heterocycles. The number of carbonyl (C=O) groups excluding carboxylic acids is 1. The molecule has 0 radical (unpaired) electrons. The number of hydroxylamine groups is 1. The molecule has 1 amide bonds. The van der Waals surface area contributed by atoms with Crippen molar-refractivity contribution in [3.63, 3.8) is 0 Å². The number of fused-ring (bicyclic) bond motifs is 1. The summed E-state index contributed by atoms with van der Waals surface area (Å²) in [7, 11) is 3.58. The molecule has 35 heavy (non-hydrogen) atoms. The summed E-state index contributed by atoms with van der Waals surface area (Å²) in [5, 5.41) is 4.62. The van der Waals surface area contributed by atoms with Crippen molar-refractivity contribution in [2.75, 3.05) is 58.7 Å². The first-order valence-electron chi connectivity index (χ1n) is 10.6. The van der Waals surface area contributed by atoms with E-state index in [4.69, 9.17) is 16.4 Å². The van der Waals surface area contributed by atoms with E-state index < -0.39 is 0 Å². The molecule has 0 atom stereocenters. The molecule has 1 aliphatic rings. The number of nitrogens with zero attached hydrogens (tertiary/aromatic N) is 4. The molecule has 1 fully saturated rings. The molecule has 0 spiro atoms. The predicted octanol–water partition coefficient (Wildman–Crippen LogP) is 4.62. The Labute approximate surface area is 233 Å². The zero-order valence-electron chi connectivity index (χ0n) is 19.5. The molecule has 2 aromatic heterocycles. The van der Waals surface area contributed by atoms with Crippen molar-refractivity contribution >= 4 is 82.1 Å². The van der Waals surface area contributed by atoms with Gasteiger partial charge in [-0.25, -0.2) is 15.4 Å².